The van der Waals surface area contributed by atoms with Gasteiger partial charge < -0.3 is 14.9 Å². The molecule has 2 N–H and O–H groups in total. The van der Waals surface area contributed by atoms with Gasteiger partial charge in [0.25, 0.3) is 0 Å². The molecule has 1 atom stereocenters. The lowest BCUT2D eigenvalue weighted by Crippen LogP contribution is -2.18. The van der Waals surface area contributed by atoms with Crippen LogP contribution in [0.1, 0.15) is 48.5 Å². The standard InChI is InChI=1S/C17H23NO2/c1-11(2)15-7-6-14(9-12(15)3)20-17(10-18)16-8-5-13(4)19-16/h5-9,11,17H,10,18H2,1-4H3. The van der Waals surface area contributed by atoms with Crippen molar-refractivity contribution >= 4 is 0 Å². The summed E-state index contributed by atoms with van der Waals surface area (Å²) in [5.74, 6) is 2.99. The first-order chi connectivity index (χ1) is 9.51. The average Bonchev–Trinajstić information content (AvgIpc) is 2.82. The van der Waals surface area contributed by atoms with E-state index < -0.39 is 0 Å². The molecule has 0 spiro atoms. The second kappa shape index (κ2) is 6.14. The Labute approximate surface area is 120 Å². The number of furan rings is 1. The van der Waals surface area contributed by atoms with Gasteiger partial charge in [-0.2, -0.15) is 0 Å². The zero-order chi connectivity index (χ0) is 14.7. The molecule has 0 amide bonds. The minimum Gasteiger partial charge on any atom is -0.481 e. The highest BCUT2D eigenvalue weighted by Crippen LogP contribution is 2.27. The molecule has 108 valence electrons. The van der Waals surface area contributed by atoms with Crippen molar-refractivity contribution in [3.8, 4) is 5.75 Å². The van der Waals surface area contributed by atoms with E-state index in [0.717, 1.165) is 17.3 Å². The molecule has 0 aliphatic rings. The highest BCUT2D eigenvalue weighted by Gasteiger charge is 2.16. The average molecular weight is 273 g/mol. The molecule has 1 aromatic heterocycles. The Kier molecular flexibility index (Phi) is 4.50. The lowest BCUT2D eigenvalue weighted by Gasteiger charge is -2.17. The molecule has 2 rings (SSSR count). The molecule has 0 saturated heterocycles. The molecule has 0 fully saturated rings. The maximum atomic E-state index is 5.96. The van der Waals surface area contributed by atoms with E-state index >= 15 is 0 Å². The van der Waals surface area contributed by atoms with Gasteiger partial charge >= 0.3 is 0 Å². The molecule has 20 heavy (non-hydrogen) atoms. The maximum absolute atomic E-state index is 5.96. The molecule has 3 heteroatoms. The maximum Gasteiger partial charge on any atom is 0.168 e. The van der Waals surface area contributed by atoms with Crippen molar-refractivity contribution < 1.29 is 9.15 Å². The first kappa shape index (κ1) is 14.7. The van der Waals surface area contributed by atoms with Crippen LogP contribution in [0.5, 0.6) is 5.75 Å². The van der Waals surface area contributed by atoms with E-state index in [1.54, 1.807) is 0 Å². The third-order valence-electron chi connectivity index (χ3n) is 3.43. The van der Waals surface area contributed by atoms with E-state index in [2.05, 4.69) is 32.9 Å². The van der Waals surface area contributed by atoms with Crippen LogP contribution in [-0.2, 0) is 0 Å². The number of ether oxygens (including phenoxy) is 1. The number of benzene rings is 1. The smallest absolute Gasteiger partial charge is 0.168 e. The van der Waals surface area contributed by atoms with E-state index in [0.29, 0.717) is 12.5 Å². The Morgan fingerprint density at radius 1 is 1.15 bits per heavy atom. The van der Waals surface area contributed by atoms with Gasteiger partial charge in [0, 0.05) is 6.54 Å². The number of hydrogen-bond acceptors (Lipinski definition) is 3. The number of nitrogens with two attached hydrogens (primary N) is 1. The molecule has 0 radical (unpaired) electrons. The van der Waals surface area contributed by atoms with Crippen molar-refractivity contribution in [3.05, 3.63) is 53.0 Å². The molecule has 1 heterocycles. The normalized spacial score (nSPS) is 12.7. The van der Waals surface area contributed by atoms with Gasteiger partial charge in [0.05, 0.1) is 0 Å². The van der Waals surface area contributed by atoms with E-state index in [1.807, 2.05) is 25.1 Å². The lowest BCUT2D eigenvalue weighted by atomic mass is 9.98. The fourth-order valence-corrected chi connectivity index (χ4v) is 2.38. The second-order valence-electron chi connectivity index (χ2n) is 5.46. The van der Waals surface area contributed by atoms with Crippen LogP contribution < -0.4 is 10.5 Å². The summed E-state index contributed by atoms with van der Waals surface area (Å²) in [6.07, 6.45) is -0.243. The Bertz CT molecular complexity index is 572. The van der Waals surface area contributed by atoms with Gasteiger partial charge in [-0.05, 0) is 55.2 Å². The number of aryl methyl sites for hydroxylation is 2. The van der Waals surface area contributed by atoms with Gasteiger partial charge in [0.15, 0.2) is 6.10 Å². The molecule has 1 aromatic carbocycles. The van der Waals surface area contributed by atoms with Gasteiger partial charge in [0.1, 0.15) is 17.3 Å². The van der Waals surface area contributed by atoms with Gasteiger partial charge in [-0.3, -0.25) is 0 Å². The molecule has 0 aliphatic carbocycles. The highest BCUT2D eigenvalue weighted by molar-refractivity contribution is 5.36. The summed E-state index contributed by atoms with van der Waals surface area (Å²) in [5, 5.41) is 0. The topological polar surface area (TPSA) is 48.4 Å². The molecule has 2 aromatic rings. The molecule has 0 saturated carbocycles. The van der Waals surface area contributed by atoms with Crippen molar-refractivity contribution in [2.75, 3.05) is 6.54 Å². The Hall–Kier alpha value is -1.74. The van der Waals surface area contributed by atoms with Crippen LogP contribution in [0.4, 0.5) is 0 Å². The molecule has 0 bridgehead atoms. The van der Waals surface area contributed by atoms with Gasteiger partial charge in [-0.1, -0.05) is 19.9 Å². The zero-order valence-electron chi connectivity index (χ0n) is 12.6. The van der Waals surface area contributed by atoms with Gasteiger partial charge in [-0.25, -0.2) is 0 Å². The zero-order valence-corrected chi connectivity index (χ0v) is 12.6. The van der Waals surface area contributed by atoms with Gasteiger partial charge in [-0.15, -0.1) is 0 Å². The first-order valence-electron chi connectivity index (χ1n) is 7.05. The van der Waals surface area contributed by atoms with E-state index in [-0.39, 0.29) is 6.10 Å². The van der Waals surface area contributed by atoms with Crippen LogP contribution in [0.15, 0.2) is 34.7 Å². The molecule has 1 unspecified atom stereocenters. The van der Waals surface area contributed by atoms with Crippen molar-refractivity contribution in [2.45, 2.75) is 39.7 Å². The van der Waals surface area contributed by atoms with Crippen LogP contribution in [0.3, 0.4) is 0 Å². The Morgan fingerprint density at radius 2 is 1.90 bits per heavy atom. The summed E-state index contributed by atoms with van der Waals surface area (Å²) in [6, 6.07) is 10.0. The fourth-order valence-electron chi connectivity index (χ4n) is 2.38. The molecule has 3 nitrogen and oxygen atoms in total. The van der Waals surface area contributed by atoms with Crippen molar-refractivity contribution in [2.24, 2.45) is 5.73 Å². The molecule has 0 aliphatic heterocycles. The minimum atomic E-state index is -0.243. The summed E-state index contributed by atoms with van der Waals surface area (Å²) >= 11 is 0. The van der Waals surface area contributed by atoms with E-state index in [4.69, 9.17) is 14.9 Å². The summed E-state index contributed by atoms with van der Waals surface area (Å²) < 4.78 is 11.6. The summed E-state index contributed by atoms with van der Waals surface area (Å²) in [6.45, 7) is 8.79. The van der Waals surface area contributed by atoms with Crippen LogP contribution in [0.25, 0.3) is 0 Å². The number of rotatable bonds is 5. The third kappa shape index (κ3) is 3.23. The van der Waals surface area contributed by atoms with Crippen molar-refractivity contribution in [3.63, 3.8) is 0 Å². The van der Waals surface area contributed by atoms with E-state index in [1.165, 1.54) is 11.1 Å². The van der Waals surface area contributed by atoms with Crippen LogP contribution >= 0.6 is 0 Å². The van der Waals surface area contributed by atoms with Crippen molar-refractivity contribution in [1.29, 1.82) is 0 Å². The number of hydrogen-bond donors (Lipinski definition) is 1. The van der Waals surface area contributed by atoms with Crippen LogP contribution in [0, 0.1) is 13.8 Å². The monoisotopic (exact) mass is 273 g/mol. The quantitative estimate of drug-likeness (QED) is 0.892. The van der Waals surface area contributed by atoms with Crippen LogP contribution in [-0.4, -0.2) is 6.54 Å². The van der Waals surface area contributed by atoms with E-state index in [9.17, 15) is 0 Å². The summed E-state index contributed by atoms with van der Waals surface area (Å²) in [4.78, 5) is 0. The Balaban J connectivity index is 2.18. The SMILES string of the molecule is Cc1ccc(C(CN)Oc2ccc(C(C)C)c(C)c2)o1. The first-order valence-corrected chi connectivity index (χ1v) is 7.05. The predicted octanol–water partition coefficient (Wildman–Crippen LogP) is 4.10. The van der Waals surface area contributed by atoms with Crippen LogP contribution in [0.2, 0.25) is 0 Å². The Morgan fingerprint density at radius 3 is 2.40 bits per heavy atom. The molecular weight excluding hydrogens is 250 g/mol. The summed E-state index contributed by atoms with van der Waals surface area (Å²) in [7, 11) is 0. The van der Waals surface area contributed by atoms with Crippen molar-refractivity contribution in [1.82, 2.24) is 0 Å². The lowest BCUT2D eigenvalue weighted by molar-refractivity contribution is 0.182. The fraction of sp³-hybridized carbons (Fsp3) is 0.412. The second-order valence-corrected chi connectivity index (χ2v) is 5.46. The highest BCUT2D eigenvalue weighted by atomic mass is 16.5. The largest absolute Gasteiger partial charge is 0.481 e. The summed E-state index contributed by atoms with van der Waals surface area (Å²) in [5.41, 5.74) is 8.38. The third-order valence-corrected chi connectivity index (χ3v) is 3.43. The predicted molar refractivity (Wildman–Crippen MR) is 81.1 cm³/mol. The minimum absolute atomic E-state index is 0.243. The molecular formula is C17H23NO2. The van der Waals surface area contributed by atoms with Gasteiger partial charge in [0.2, 0.25) is 0 Å².